The molecular formula is C11H14F2N2O2. The molecule has 0 bridgehead atoms. The number of ether oxygens (including phenoxy) is 1. The van der Waals surface area contributed by atoms with E-state index in [2.05, 4.69) is 10.1 Å². The van der Waals surface area contributed by atoms with Crippen LogP contribution in [0.3, 0.4) is 0 Å². The number of benzene rings is 1. The molecule has 1 N–H and O–H groups in total. The first-order valence-corrected chi connectivity index (χ1v) is 4.98. The Hall–Kier alpha value is -1.85. The highest BCUT2D eigenvalue weighted by Crippen LogP contribution is 2.17. The minimum atomic E-state index is -2.83. The van der Waals surface area contributed by atoms with Crippen LogP contribution < -0.4 is 10.1 Å². The summed E-state index contributed by atoms with van der Waals surface area (Å²) in [5.41, 5.74) is 0.668. The first-order valence-electron chi connectivity index (χ1n) is 4.98. The maximum Gasteiger partial charge on any atom is 0.387 e. The first kappa shape index (κ1) is 13.2. The number of hydrogen-bond donors (Lipinski definition) is 1. The Balaban J connectivity index is 2.48. The van der Waals surface area contributed by atoms with Gasteiger partial charge in [-0.2, -0.15) is 8.78 Å². The van der Waals surface area contributed by atoms with E-state index >= 15 is 0 Å². The summed E-state index contributed by atoms with van der Waals surface area (Å²) in [4.78, 5) is 12.7. The zero-order chi connectivity index (χ0) is 12.8. The summed E-state index contributed by atoms with van der Waals surface area (Å²) < 4.78 is 27.9. The third-order valence-electron chi connectivity index (χ3n) is 2.02. The lowest BCUT2D eigenvalue weighted by atomic mass is 10.3. The maximum absolute atomic E-state index is 11.9. The Morgan fingerprint density at radius 1 is 1.35 bits per heavy atom. The fraction of sp³-hybridized carbons (Fsp3) is 0.364. The maximum atomic E-state index is 11.9. The zero-order valence-electron chi connectivity index (χ0n) is 9.61. The molecule has 0 radical (unpaired) electrons. The van der Waals surface area contributed by atoms with Crippen LogP contribution in [0.1, 0.15) is 0 Å². The van der Waals surface area contributed by atoms with Crippen LogP contribution in [0.15, 0.2) is 24.3 Å². The van der Waals surface area contributed by atoms with Gasteiger partial charge in [0, 0.05) is 19.8 Å². The van der Waals surface area contributed by atoms with E-state index in [9.17, 15) is 13.6 Å². The molecule has 1 amide bonds. The number of amides is 1. The molecule has 0 aliphatic rings. The molecule has 0 aromatic heterocycles. The van der Waals surface area contributed by atoms with Crippen molar-refractivity contribution in [2.45, 2.75) is 6.61 Å². The van der Waals surface area contributed by atoms with Gasteiger partial charge in [-0.25, -0.2) is 0 Å². The second kappa shape index (κ2) is 6.03. The van der Waals surface area contributed by atoms with Crippen molar-refractivity contribution in [2.24, 2.45) is 0 Å². The highest BCUT2D eigenvalue weighted by atomic mass is 19.3. The fourth-order valence-electron chi connectivity index (χ4n) is 1.09. The Morgan fingerprint density at radius 2 is 1.94 bits per heavy atom. The molecule has 6 heteroatoms. The number of rotatable bonds is 5. The number of carbonyl (C=O) groups is 1. The summed E-state index contributed by atoms with van der Waals surface area (Å²) in [5.74, 6) is 0.0161. The third-order valence-corrected chi connectivity index (χ3v) is 2.02. The molecule has 0 heterocycles. The van der Waals surface area contributed by atoms with Crippen molar-refractivity contribution in [1.82, 2.24) is 4.90 Å². The van der Waals surface area contributed by atoms with Crippen molar-refractivity contribution in [3.8, 4) is 5.75 Å². The summed E-state index contributed by atoms with van der Waals surface area (Å²) in [5, 5.41) is 2.87. The highest BCUT2D eigenvalue weighted by molar-refractivity contribution is 5.80. The van der Waals surface area contributed by atoms with Crippen molar-refractivity contribution < 1.29 is 18.3 Å². The molecule has 0 unspecified atom stereocenters. The molecule has 1 rings (SSSR count). The number of hydrogen-bond acceptors (Lipinski definition) is 3. The molecule has 4 nitrogen and oxygen atoms in total. The van der Waals surface area contributed by atoms with E-state index in [4.69, 9.17) is 0 Å². The van der Waals surface area contributed by atoms with Crippen molar-refractivity contribution in [1.29, 1.82) is 0 Å². The van der Waals surface area contributed by atoms with Gasteiger partial charge in [0.05, 0.1) is 6.54 Å². The average molecular weight is 244 g/mol. The van der Waals surface area contributed by atoms with E-state index in [1.54, 1.807) is 26.2 Å². The standard InChI is InChI=1S/C11H14F2N2O2/c1-15(2)10(16)7-14-8-3-5-9(6-4-8)17-11(12)13/h3-6,11,14H,7H2,1-2H3. The Kier molecular flexibility index (Phi) is 4.68. The van der Waals surface area contributed by atoms with Gasteiger partial charge in [-0.05, 0) is 24.3 Å². The summed E-state index contributed by atoms with van der Waals surface area (Å²) >= 11 is 0. The predicted molar refractivity (Wildman–Crippen MR) is 60.3 cm³/mol. The van der Waals surface area contributed by atoms with Crippen LogP contribution in [-0.2, 0) is 4.79 Å². The van der Waals surface area contributed by atoms with E-state index in [0.717, 1.165) is 0 Å². The van der Waals surface area contributed by atoms with Crippen molar-refractivity contribution >= 4 is 11.6 Å². The van der Waals surface area contributed by atoms with Gasteiger partial charge in [0.25, 0.3) is 0 Å². The van der Waals surface area contributed by atoms with Gasteiger partial charge in [0.15, 0.2) is 0 Å². The van der Waals surface area contributed by atoms with Crippen LogP contribution >= 0.6 is 0 Å². The van der Waals surface area contributed by atoms with Gasteiger partial charge in [-0.3, -0.25) is 4.79 Å². The summed E-state index contributed by atoms with van der Waals surface area (Å²) in [6.45, 7) is -2.67. The number of nitrogens with zero attached hydrogens (tertiary/aromatic N) is 1. The smallest absolute Gasteiger partial charge is 0.387 e. The van der Waals surface area contributed by atoms with Crippen LogP contribution in [0.5, 0.6) is 5.75 Å². The monoisotopic (exact) mass is 244 g/mol. The first-order chi connectivity index (χ1) is 7.99. The van der Waals surface area contributed by atoms with Crippen molar-refractivity contribution in [3.05, 3.63) is 24.3 Å². The van der Waals surface area contributed by atoms with Gasteiger partial charge in [0.1, 0.15) is 5.75 Å². The quantitative estimate of drug-likeness (QED) is 0.858. The van der Waals surface area contributed by atoms with Gasteiger partial charge in [-0.15, -0.1) is 0 Å². The molecule has 1 aromatic carbocycles. The summed E-state index contributed by atoms with van der Waals surface area (Å²) in [7, 11) is 3.31. The van der Waals surface area contributed by atoms with Crippen molar-refractivity contribution in [2.75, 3.05) is 26.0 Å². The van der Waals surface area contributed by atoms with E-state index in [0.29, 0.717) is 5.69 Å². The van der Waals surface area contributed by atoms with Gasteiger partial charge in [0.2, 0.25) is 5.91 Å². The van der Waals surface area contributed by atoms with E-state index < -0.39 is 6.61 Å². The zero-order valence-corrected chi connectivity index (χ0v) is 9.61. The SMILES string of the molecule is CN(C)C(=O)CNc1ccc(OC(F)F)cc1. The highest BCUT2D eigenvalue weighted by Gasteiger charge is 2.05. The number of anilines is 1. The number of carbonyl (C=O) groups excluding carboxylic acids is 1. The lowest BCUT2D eigenvalue weighted by Gasteiger charge is -2.12. The third kappa shape index (κ3) is 4.67. The number of alkyl halides is 2. The molecule has 0 saturated carbocycles. The molecule has 0 atom stereocenters. The molecule has 0 aliphatic carbocycles. The minimum absolute atomic E-state index is 0.0714. The van der Waals surface area contributed by atoms with E-state index in [1.165, 1.54) is 17.0 Å². The summed E-state index contributed by atoms with van der Waals surface area (Å²) in [6, 6.07) is 5.96. The van der Waals surface area contributed by atoms with Crippen molar-refractivity contribution in [3.63, 3.8) is 0 Å². The normalized spacial score (nSPS) is 10.2. The molecular weight excluding hydrogens is 230 g/mol. The molecule has 17 heavy (non-hydrogen) atoms. The Bertz CT molecular complexity index is 366. The topological polar surface area (TPSA) is 41.6 Å². The second-order valence-electron chi connectivity index (χ2n) is 3.54. The molecule has 0 spiro atoms. The van der Waals surface area contributed by atoms with Crippen LogP contribution in [0.2, 0.25) is 0 Å². The molecule has 94 valence electrons. The number of halogens is 2. The fourth-order valence-corrected chi connectivity index (χ4v) is 1.09. The predicted octanol–water partition coefficient (Wildman–Crippen LogP) is 1.79. The van der Waals surface area contributed by atoms with Gasteiger partial charge in [-0.1, -0.05) is 0 Å². The molecule has 0 fully saturated rings. The lowest BCUT2D eigenvalue weighted by molar-refractivity contribution is -0.126. The van der Waals surface area contributed by atoms with E-state index in [-0.39, 0.29) is 18.2 Å². The van der Waals surface area contributed by atoms with Crippen LogP contribution in [0, 0.1) is 0 Å². The summed E-state index contributed by atoms with van der Waals surface area (Å²) in [6.07, 6.45) is 0. The van der Waals surface area contributed by atoms with Gasteiger partial charge < -0.3 is 15.0 Å². The second-order valence-corrected chi connectivity index (χ2v) is 3.54. The Labute approximate surface area is 98.2 Å². The molecule has 0 aliphatic heterocycles. The molecule has 1 aromatic rings. The number of nitrogens with one attached hydrogen (secondary N) is 1. The Morgan fingerprint density at radius 3 is 2.41 bits per heavy atom. The van der Waals surface area contributed by atoms with Crippen LogP contribution in [0.25, 0.3) is 0 Å². The van der Waals surface area contributed by atoms with Gasteiger partial charge >= 0.3 is 6.61 Å². The molecule has 0 saturated heterocycles. The van der Waals surface area contributed by atoms with E-state index in [1.807, 2.05) is 0 Å². The lowest BCUT2D eigenvalue weighted by Crippen LogP contribution is -2.28. The average Bonchev–Trinajstić information content (AvgIpc) is 2.26. The van der Waals surface area contributed by atoms with Crippen LogP contribution in [0.4, 0.5) is 14.5 Å². The largest absolute Gasteiger partial charge is 0.435 e. The minimum Gasteiger partial charge on any atom is -0.435 e. The van der Waals surface area contributed by atoms with Crippen LogP contribution in [-0.4, -0.2) is 38.1 Å². The number of likely N-dealkylation sites (N-methyl/N-ethyl adjacent to an activating group) is 1.